The van der Waals surface area contributed by atoms with E-state index in [2.05, 4.69) is 4.98 Å². The van der Waals surface area contributed by atoms with Gasteiger partial charge in [-0.05, 0) is 49.9 Å². The molecule has 2 unspecified atom stereocenters. The van der Waals surface area contributed by atoms with Crippen molar-refractivity contribution in [2.45, 2.75) is 48.5 Å². The van der Waals surface area contributed by atoms with Gasteiger partial charge < -0.3 is 4.74 Å². The van der Waals surface area contributed by atoms with Gasteiger partial charge in [-0.15, -0.1) is 11.3 Å². The maximum absolute atomic E-state index is 14.4. The van der Waals surface area contributed by atoms with E-state index in [0.29, 0.717) is 33.6 Å². The third kappa shape index (κ3) is 4.61. The molecule has 7 nitrogen and oxygen atoms in total. The van der Waals surface area contributed by atoms with Crippen LogP contribution in [0.1, 0.15) is 32.1 Å². The summed E-state index contributed by atoms with van der Waals surface area (Å²) in [7, 11) is -3.90. The molecule has 2 fully saturated rings. The van der Waals surface area contributed by atoms with Gasteiger partial charge in [0.25, 0.3) is 10.0 Å². The monoisotopic (exact) mass is 543 g/mol. The second kappa shape index (κ2) is 9.79. The van der Waals surface area contributed by atoms with Crippen LogP contribution >= 0.6 is 34.3 Å². The zero-order valence-electron chi connectivity index (χ0n) is 18.2. The lowest BCUT2D eigenvalue weighted by Crippen LogP contribution is -2.54. The van der Waals surface area contributed by atoms with Gasteiger partial charge in [-0.1, -0.05) is 35.4 Å². The normalized spacial score (nSPS) is 21.8. The van der Waals surface area contributed by atoms with E-state index in [-0.39, 0.29) is 34.8 Å². The Morgan fingerprint density at radius 2 is 2.06 bits per heavy atom. The number of carbonyl (C=O) groups is 1. The number of aromatic nitrogens is 1. The largest absolute Gasteiger partial charge is 0.376 e. The van der Waals surface area contributed by atoms with Crippen LogP contribution in [0.3, 0.4) is 0 Å². The molecule has 0 radical (unpaired) electrons. The fourth-order valence-corrected chi connectivity index (χ4v) is 8.70. The molecule has 182 valence electrons. The van der Waals surface area contributed by atoms with E-state index in [1.807, 2.05) is 0 Å². The molecule has 12 heteroatoms. The van der Waals surface area contributed by atoms with E-state index < -0.39 is 21.9 Å². The van der Waals surface area contributed by atoms with Gasteiger partial charge in [-0.3, -0.25) is 9.69 Å². The van der Waals surface area contributed by atoms with Gasteiger partial charge in [-0.25, -0.2) is 17.8 Å². The van der Waals surface area contributed by atoms with E-state index in [9.17, 15) is 17.6 Å². The van der Waals surface area contributed by atoms with Crippen molar-refractivity contribution in [1.29, 1.82) is 0 Å². The molecule has 1 amide bonds. The van der Waals surface area contributed by atoms with Crippen LogP contribution in [-0.4, -0.2) is 55.5 Å². The number of halogens is 2. The summed E-state index contributed by atoms with van der Waals surface area (Å²) in [5.74, 6) is -0.818. The number of piperidine rings is 1. The van der Waals surface area contributed by atoms with E-state index >= 15 is 0 Å². The van der Waals surface area contributed by atoms with Crippen molar-refractivity contribution in [1.82, 2.24) is 9.29 Å². The van der Waals surface area contributed by atoms with E-state index in [1.165, 1.54) is 32.7 Å². The average molecular weight is 544 g/mol. The van der Waals surface area contributed by atoms with Gasteiger partial charge >= 0.3 is 0 Å². The van der Waals surface area contributed by atoms with Crippen LogP contribution in [0.25, 0.3) is 10.2 Å². The molecule has 1 aromatic carbocycles. The smallest absolute Gasteiger partial charge is 0.253 e. The number of carbonyl (C=O) groups excluding carboxylic acids is 1. The van der Waals surface area contributed by atoms with Gasteiger partial charge in [0.1, 0.15) is 21.6 Å². The van der Waals surface area contributed by atoms with Crippen molar-refractivity contribution >= 4 is 65.6 Å². The number of ether oxygens (including phenoxy) is 1. The summed E-state index contributed by atoms with van der Waals surface area (Å²) in [4.78, 5) is 19.9. The van der Waals surface area contributed by atoms with Gasteiger partial charge in [0.05, 0.1) is 21.7 Å². The number of benzene rings is 1. The maximum atomic E-state index is 14.4. The van der Waals surface area contributed by atoms with Crippen LogP contribution < -0.4 is 4.90 Å². The number of thiophene rings is 1. The van der Waals surface area contributed by atoms with E-state index in [1.54, 1.807) is 18.2 Å². The molecule has 2 aromatic heterocycles. The van der Waals surface area contributed by atoms with Crippen LogP contribution in [0.5, 0.6) is 0 Å². The second-order valence-corrected chi connectivity index (χ2v) is 13.2. The summed E-state index contributed by atoms with van der Waals surface area (Å²) in [6, 6.07) is 6.83. The Labute approximate surface area is 210 Å². The highest BCUT2D eigenvalue weighted by Gasteiger charge is 2.41. The Hall–Kier alpha value is -1.63. The molecule has 2 aliphatic heterocycles. The molecular weight excluding hydrogens is 521 g/mol. The molecule has 34 heavy (non-hydrogen) atoms. The third-order valence-electron chi connectivity index (χ3n) is 6.12. The summed E-state index contributed by atoms with van der Waals surface area (Å²) in [5.41, 5.74) is 0.203. The van der Waals surface area contributed by atoms with Crippen molar-refractivity contribution in [2.75, 3.05) is 24.6 Å². The molecule has 0 bridgehead atoms. The predicted octanol–water partition coefficient (Wildman–Crippen LogP) is 4.91. The van der Waals surface area contributed by atoms with Crippen molar-refractivity contribution in [2.24, 2.45) is 0 Å². The standard InChI is InChI=1S/C22H23ClFN3O4S3/c23-18-9-10-19(33-18)34(29,30)27-11-2-1-7-16(27)21(28)26(13-14-5-4-12-31-14)22-25-20-15(24)6-3-8-17(20)32-22/h3,6,8-10,14,16H,1-2,4-5,7,11-13H2. The number of rotatable bonds is 6. The van der Waals surface area contributed by atoms with Gasteiger partial charge in [0.2, 0.25) is 5.91 Å². The number of hydrogen-bond donors (Lipinski definition) is 0. The first-order valence-electron chi connectivity index (χ1n) is 11.1. The fourth-order valence-electron chi connectivity index (χ4n) is 4.44. The Bertz CT molecular complexity index is 1310. The number of thiazole rings is 1. The Morgan fingerprint density at radius 1 is 1.21 bits per heavy atom. The molecule has 5 rings (SSSR count). The summed E-state index contributed by atoms with van der Waals surface area (Å²) >= 11 is 8.19. The minimum atomic E-state index is -3.90. The fraction of sp³-hybridized carbons (Fsp3) is 0.455. The highest BCUT2D eigenvalue weighted by molar-refractivity contribution is 7.91. The van der Waals surface area contributed by atoms with Crippen LogP contribution in [0, 0.1) is 5.82 Å². The van der Waals surface area contributed by atoms with Crippen molar-refractivity contribution < 1.29 is 22.3 Å². The number of nitrogens with zero attached hydrogens (tertiary/aromatic N) is 3. The molecular formula is C22H23ClFN3O4S3. The van der Waals surface area contributed by atoms with Crippen molar-refractivity contribution in [3.63, 3.8) is 0 Å². The molecule has 0 spiro atoms. The molecule has 0 aliphatic carbocycles. The quantitative estimate of drug-likeness (QED) is 0.441. The molecule has 2 atom stereocenters. The first kappa shape index (κ1) is 24.1. The Kier molecular flexibility index (Phi) is 6.93. The van der Waals surface area contributed by atoms with Gasteiger partial charge in [0.15, 0.2) is 5.13 Å². The molecule has 0 saturated carbocycles. The first-order valence-corrected chi connectivity index (χ1v) is 14.5. The summed E-state index contributed by atoms with van der Waals surface area (Å²) in [6.45, 7) is 1.11. The minimum absolute atomic E-state index is 0.116. The summed E-state index contributed by atoms with van der Waals surface area (Å²) in [6.07, 6.45) is 3.31. The number of anilines is 1. The number of sulfonamides is 1. The second-order valence-electron chi connectivity index (χ2n) is 8.35. The molecule has 2 aliphatic rings. The SMILES string of the molecule is O=C(C1CCCCN1S(=O)(=O)c1ccc(Cl)s1)N(CC1CCCO1)c1nc2c(F)cccc2s1. The Balaban J connectivity index is 1.51. The first-order chi connectivity index (χ1) is 16.3. The van der Waals surface area contributed by atoms with E-state index in [0.717, 1.165) is 30.6 Å². The average Bonchev–Trinajstić information content (AvgIpc) is 3.58. The maximum Gasteiger partial charge on any atom is 0.253 e. The molecule has 4 heterocycles. The van der Waals surface area contributed by atoms with Crippen LogP contribution in [0.4, 0.5) is 9.52 Å². The number of amides is 1. The minimum Gasteiger partial charge on any atom is -0.376 e. The zero-order valence-corrected chi connectivity index (χ0v) is 21.4. The van der Waals surface area contributed by atoms with Gasteiger partial charge in [-0.2, -0.15) is 4.31 Å². The Morgan fingerprint density at radius 3 is 2.76 bits per heavy atom. The topological polar surface area (TPSA) is 79.8 Å². The highest BCUT2D eigenvalue weighted by atomic mass is 35.5. The molecule has 2 saturated heterocycles. The van der Waals surface area contributed by atoms with Crippen LogP contribution in [-0.2, 0) is 19.6 Å². The molecule has 0 N–H and O–H groups in total. The van der Waals surface area contributed by atoms with Crippen LogP contribution in [0.15, 0.2) is 34.5 Å². The van der Waals surface area contributed by atoms with Crippen molar-refractivity contribution in [3.05, 3.63) is 40.5 Å². The zero-order chi connectivity index (χ0) is 23.9. The van der Waals surface area contributed by atoms with Crippen LogP contribution in [0.2, 0.25) is 4.34 Å². The van der Waals surface area contributed by atoms with E-state index in [4.69, 9.17) is 16.3 Å². The third-order valence-corrected chi connectivity index (χ3v) is 10.8. The summed E-state index contributed by atoms with van der Waals surface area (Å²) < 4.78 is 49.4. The lowest BCUT2D eigenvalue weighted by atomic mass is 10.0. The number of hydrogen-bond acceptors (Lipinski definition) is 7. The lowest BCUT2D eigenvalue weighted by Gasteiger charge is -2.36. The number of fused-ring (bicyclic) bond motifs is 1. The lowest BCUT2D eigenvalue weighted by molar-refractivity contribution is -0.123. The number of para-hydroxylation sites is 1. The van der Waals surface area contributed by atoms with Gasteiger partial charge in [0, 0.05) is 13.2 Å². The predicted molar refractivity (Wildman–Crippen MR) is 132 cm³/mol. The highest BCUT2D eigenvalue weighted by Crippen LogP contribution is 2.35. The van der Waals surface area contributed by atoms with Crippen molar-refractivity contribution in [3.8, 4) is 0 Å². The summed E-state index contributed by atoms with van der Waals surface area (Å²) in [5, 5.41) is 0.350. The molecule has 3 aromatic rings.